The summed E-state index contributed by atoms with van der Waals surface area (Å²) in [5.41, 5.74) is 5.90. The minimum Gasteiger partial charge on any atom is -0.450 e. The van der Waals surface area contributed by atoms with Crippen molar-refractivity contribution in [2.24, 2.45) is 23.7 Å². The number of rotatable bonds is 4. The highest BCUT2D eigenvalue weighted by Crippen LogP contribution is 2.29. The summed E-state index contributed by atoms with van der Waals surface area (Å²) in [4.78, 5) is 87.5. The predicted molar refractivity (Wildman–Crippen MR) is 174 cm³/mol. The molecule has 4 saturated heterocycles. The molecule has 4 fully saturated rings. The van der Waals surface area contributed by atoms with Crippen molar-refractivity contribution in [1.82, 2.24) is 36.0 Å². The maximum absolute atomic E-state index is 14.4. The molecule has 4 rings (SSSR count). The normalized spacial score (nSPS) is 33.4. The van der Waals surface area contributed by atoms with Gasteiger partial charge in [0.1, 0.15) is 30.2 Å². The molecule has 0 aromatic rings. The zero-order valence-electron chi connectivity index (χ0n) is 29.6. The van der Waals surface area contributed by atoms with E-state index in [0.29, 0.717) is 25.8 Å². The lowest BCUT2D eigenvalue weighted by Crippen LogP contribution is -2.69. The van der Waals surface area contributed by atoms with Crippen LogP contribution >= 0.6 is 0 Å². The largest absolute Gasteiger partial charge is 0.450 e. The Morgan fingerprint density at radius 3 is 2.12 bits per heavy atom. The Kier molecular flexibility index (Phi) is 12.1. The Bertz CT molecular complexity index is 1240. The standard InChI is InChI=1S/C33H55N7O8/c1-17(2)12-24-30(44)38-16-20(7)13-23(38)28(42)36-26(18(3)4)33(47)48-27(19(5)6)32(46)39-22(10-9-11-34-39)31(45)40-25(29(43)37(24)8)14-21(41)15-35-40/h17-27,34-35,41H,9-16H2,1-8H3,(H,36,42)/t20-,21-,22-,23+,24+,25-,26+,27-/m0/s1. The van der Waals surface area contributed by atoms with Crippen molar-refractivity contribution in [3.63, 3.8) is 0 Å². The molecule has 4 N–H and O–H groups in total. The topological polar surface area (TPSA) is 181 Å². The number of β-amino-alcohol motifs (C(OH)–C–C–N with tert-alkyl or cyclic N) is 1. The van der Waals surface area contributed by atoms with Gasteiger partial charge in [-0.05, 0) is 49.4 Å². The molecule has 0 saturated carbocycles. The minimum atomic E-state index is -1.28. The van der Waals surface area contributed by atoms with E-state index in [0.717, 1.165) is 0 Å². The molecule has 0 aliphatic carbocycles. The van der Waals surface area contributed by atoms with Crippen molar-refractivity contribution < 1.29 is 38.6 Å². The molecular weight excluding hydrogens is 622 g/mol. The molecule has 0 unspecified atom stereocenters. The van der Waals surface area contributed by atoms with Gasteiger partial charge in [-0.25, -0.2) is 15.6 Å². The Morgan fingerprint density at radius 1 is 0.833 bits per heavy atom. The first-order valence-electron chi connectivity index (χ1n) is 17.4. The van der Waals surface area contributed by atoms with Gasteiger partial charge in [-0.2, -0.15) is 0 Å². The van der Waals surface area contributed by atoms with Gasteiger partial charge in [0.25, 0.3) is 11.8 Å². The summed E-state index contributed by atoms with van der Waals surface area (Å²) in [5.74, 6) is -4.34. The van der Waals surface area contributed by atoms with Crippen LogP contribution in [0.3, 0.4) is 0 Å². The molecule has 4 aliphatic rings. The zero-order valence-corrected chi connectivity index (χ0v) is 29.6. The zero-order chi connectivity index (χ0) is 35.6. The summed E-state index contributed by atoms with van der Waals surface area (Å²) in [6.45, 7) is 13.4. The lowest BCUT2D eigenvalue weighted by Gasteiger charge is -2.45. The van der Waals surface area contributed by atoms with Crippen molar-refractivity contribution >= 4 is 35.5 Å². The average molecular weight is 678 g/mol. The van der Waals surface area contributed by atoms with Gasteiger partial charge in [0.15, 0.2) is 6.10 Å². The SMILES string of the molecule is CC(C)C[C@@H]1C(=O)N2C[C@@H](C)C[C@@H]2C(=O)N[C@H](C(C)C)C(=O)O[C@@H](C(C)C)C(=O)N2NCCC[C@H]2C(=O)N2NC[C@@H](O)C[C@H]2C(=O)N1C. The van der Waals surface area contributed by atoms with Gasteiger partial charge < -0.3 is 25.0 Å². The van der Waals surface area contributed by atoms with Gasteiger partial charge >= 0.3 is 5.97 Å². The fourth-order valence-corrected chi connectivity index (χ4v) is 7.11. The quantitative estimate of drug-likeness (QED) is 0.291. The van der Waals surface area contributed by atoms with E-state index in [1.807, 2.05) is 20.8 Å². The number of aliphatic hydroxyl groups excluding tert-OH is 1. The summed E-state index contributed by atoms with van der Waals surface area (Å²) in [7, 11) is 1.51. The second-order valence-electron chi connectivity index (χ2n) is 15.0. The van der Waals surface area contributed by atoms with Crippen LogP contribution in [-0.4, -0.2) is 130 Å². The van der Waals surface area contributed by atoms with E-state index in [9.17, 15) is 33.9 Å². The Morgan fingerprint density at radius 2 is 1.50 bits per heavy atom. The molecule has 270 valence electrons. The van der Waals surface area contributed by atoms with E-state index in [2.05, 4.69) is 16.2 Å². The highest BCUT2D eigenvalue weighted by Gasteiger charge is 2.48. The monoisotopic (exact) mass is 677 g/mol. The first kappa shape index (κ1) is 37.5. The van der Waals surface area contributed by atoms with Crippen LogP contribution in [-0.2, 0) is 33.5 Å². The number of likely N-dealkylation sites (N-methyl/N-ethyl adjacent to an activating group) is 1. The molecular formula is C33H55N7O8. The molecule has 0 bridgehead atoms. The lowest BCUT2D eigenvalue weighted by molar-refractivity contribution is -0.175. The molecule has 0 aromatic heterocycles. The number of hydrazine groups is 2. The number of amides is 5. The molecule has 0 aromatic carbocycles. The third-order valence-electron chi connectivity index (χ3n) is 9.80. The van der Waals surface area contributed by atoms with Crippen molar-refractivity contribution in [3.05, 3.63) is 0 Å². The van der Waals surface area contributed by atoms with Crippen LogP contribution in [0, 0.1) is 23.7 Å². The predicted octanol–water partition coefficient (Wildman–Crippen LogP) is -0.219. The van der Waals surface area contributed by atoms with Crippen LogP contribution in [0.4, 0.5) is 0 Å². The second kappa shape index (κ2) is 15.5. The maximum atomic E-state index is 14.4. The summed E-state index contributed by atoms with van der Waals surface area (Å²) in [6, 6.07) is -5.18. The first-order valence-corrected chi connectivity index (χ1v) is 17.4. The van der Waals surface area contributed by atoms with Crippen molar-refractivity contribution in [3.8, 4) is 0 Å². The third kappa shape index (κ3) is 7.94. The van der Waals surface area contributed by atoms with Gasteiger partial charge in [-0.3, -0.25) is 34.0 Å². The summed E-state index contributed by atoms with van der Waals surface area (Å²) in [5, 5.41) is 15.8. The third-order valence-corrected chi connectivity index (χ3v) is 9.80. The number of hydrogen-bond acceptors (Lipinski definition) is 10. The van der Waals surface area contributed by atoms with Crippen molar-refractivity contribution in [2.75, 3.05) is 26.7 Å². The fourth-order valence-electron chi connectivity index (χ4n) is 7.11. The van der Waals surface area contributed by atoms with Crippen molar-refractivity contribution in [1.29, 1.82) is 0 Å². The number of hydrogen-bond donors (Lipinski definition) is 4. The van der Waals surface area contributed by atoms with Crippen LogP contribution in [0.15, 0.2) is 0 Å². The summed E-state index contributed by atoms with van der Waals surface area (Å²) >= 11 is 0. The number of aliphatic hydroxyl groups is 1. The molecule has 15 heteroatoms. The van der Waals surface area contributed by atoms with E-state index in [4.69, 9.17) is 4.74 Å². The van der Waals surface area contributed by atoms with Gasteiger partial charge in [-0.15, -0.1) is 0 Å². The number of nitrogens with one attached hydrogen (secondary N) is 3. The number of nitrogens with zero attached hydrogens (tertiary/aromatic N) is 4. The van der Waals surface area contributed by atoms with Crippen molar-refractivity contribution in [2.45, 2.75) is 123 Å². The van der Waals surface area contributed by atoms with E-state index in [-0.39, 0.29) is 37.8 Å². The van der Waals surface area contributed by atoms with E-state index in [1.54, 1.807) is 27.7 Å². The number of carbonyl (C=O) groups is 6. The minimum absolute atomic E-state index is 0.00551. The van der Waals surface area contributed by atoms with Gasteiger partial charge in [0, 0.05) is 33.1 Å². The molecule has 4 aliphatic heterocycles. The maximum Gasteiger partial charge on any atom is 0.329 e. The molecule has 15 nitrogen and oxygen atoms in total. The number of fused-ring (bicyclic) bond motifs is 3. The van der Waals surface area contributed by atoms with E-state index >= 15 is 0 Å². The molecule has 0 spiro atoms. The first-order chi connectivity index (χ1) is 22.5. The number of ether oxygens (including phenoxy) is 1. The second-order valence-corrected chi connectivity index (χ2v) is 15.0. The van der Waals surface area contributed by atoms with Gasteiger partial charge in [0.2, 0.25) is 17.7 Å². The van der Waals surface area contributed by atoms with Gasteiger partial charge in [0.05, 0.1) is 6.10 Å². The fraction of sp³-hybridized carbons (Fsp3) is 0.818. The van der Waals surface area contributed by atoms with Crippen LogP contribution in [0.5, 0.6) is 0 Å². The molecule has 4 heterocycles. The molecule has 48 heavy (non-hydrogen) atoms. The van der Waals surface area contributed by atoms with Crippen LogP contribution < -0.4 is 16.2 Å². The highest BCUT2D eigenvalue weighted by atomic mass is 16.6. The van der Waals surface area contributed by atoms with E-state index in [1.165, 1.54) is 26.9 Å². The Hall–Kier alpha value is -3.30. The molecule has 0 radical (unpaired) electrons. The Balaban J connectivity index is 1.83. The molecule has 5 amide bonds. The van der Waals surface area contributed by atoms with Crippen LogP contribution in [0.1, 0.15) is 80.6 Å². The number of carbonyl (C=O) groups excluding carboxylic acids is 6. The number of esters is 1. The summed E-state index contributed by atoms with van der Waals surface area (Å²) in [6.07, 6.45) is -0.806. The average Bonchev–Trinajstić information content (AvgIpc) is 3.43. The summed E-state index contributed by atoms with van der Waals surface area (Å²) < 4.78 is 5.84. The smallest absolute Gasteiger partial charge is 0.329 e. The lowest BCUT2D eigenvalue weighted by atomic mass is 9.97. The number of cyclic esters (lactones) is 1. The van der Waals surface area contributed by atoms with E-state index < -0.39 is 89.8 Å². The van der Waals surface area contributed by atoms with Gasteiger partial charge in [-0.1, -0.05) is 48.5 Å². The Labute approximate surface area is 283 Å². The van der Waals surface area contributed by atoms with Crippen LogP contribution in [0.2, 0.25) is 0 Å². The highest BCUT2D eigenvalue weighted by molar-refractivity contribution is 5.97. The molecule has 8 atom stereocenters. The van der Waals surface area contributed by atoms with Crippen LogP contribution in [0.25, 0.3) is 0 Å².